The van der Waals surface area contributed by atoms with Crippen molar-refractivity contribution in [1.82, 2.24) is 0 Å². The highest BCUT2D eigenvalue weighted by Gasteiger charge is 2.49. The van der Waals surface area contributed by atoms with Gasteiger partial charge in [0.05, 0.1) is 6.61 Å². The van der Waals surface area contributed by atoms with Gasteiger partial charge in [-0.15, -0.1) is 0 Å². The van der Waals surface area contributed by atoms with Gasteiger partial charge in [-0.3, -0.25) is 4.79 Å². The number of allylic oxidation sites excluding steroid dienone is 4. The van der Waals surface area contributed by atoms with Crippen LogP contribution in [0.25, 0.3) is 0 Å². The normalized spacial score (nSPS) is 32.7. The zero-order valence-corrected chi connectivity index (χ0v) is 16.5. The maximum atomic E-state index is 11.4. The Morgan fingerprint density at radius 3 is 2.76 bits per heavy atom. The molecule has 1 fully saturated rings. The smallest absolute Gasteiger partial charge is 0.181 e. The molecule has 25 heavy (non-hydrogen) atoms. The highest BCUT2D eigenvalue weighted by atomic mass is 16.5. The molecule has 0 aromatic carbocycles. The van der Waals surface area contributed by atoms with Crippen LogP contribution in [0.3, 0.4) is 0 Å². The predicted molar refractivity (Wildman–Crippen MR) is 103 cm³/mol. The van der Waals surface area contributed by atoms with Gasteiger partial charge in [-0.1, -0.05) is 50.5 Å². The Morgan fingerprint density at radius 1 is 1.16 bits per heavy atom. The molecule has 2 nitrogen and oxygen atoms in total. The molecule has 2 atom stereocenters. The lowest BCUT2D eigenvalue weighted by molar-refractivity contribution is -0.118. The van der Waals surface area contributed by atoms with E-state index in [4.69, 9.17) is 4.74 Å². The molecule has 138 valence electrons. The first-order valence-electron chi connectivity index (χ1n) is 9.99. The van der Waals surface area contributed by atoms with Crippen LogP contribution in [0.1, 0.15) is 72.6 Å². The highest BCUT2D eigenvalue weighted by Crippen LogP contribution is 2.60. The van der Waals surface area contributed by atoms with Crippen molar-refractivity contribution in [2.45, 2.75) is 72.6 Å². The molecule has 0 aromatic rings. The Balaban J connectivity index is 1.77. The lowest BCUT2D eigenvalue weighted by Gasteiger charge is -2.55. The molecule has 0 N–H and O–H groups in total. The van der Waals surface area contributed by atoms with E-state index >= 15 is 0 Å². The van der Waals surface area contributed by atoms with Gasteiger partial charge in [0.15, 0.2) is 5.78 Å². The van der Waals surface area contributed by atoms with Crippen molar-refractivity contribution in [2.75, 3.05) is 13.2 Å². The summed E-state index contributed by atoms with van der Waals surface area (Å²) in [5.74, 6) is 0.869. The first kappa shape index (κ1) is 18.6. The molecule has 0 saturated heterocycles. The van der Waals surface area contributed by atoms with E-state index < -0.39 is 0 Å². The Kier molecular flexibility index (Phi) is 5.39. The first-order valence-corrected chi connectivity index (χ1v) is 9.99. The molecule has 3 aliphatic rings. The SMILES string of the molecule is CC1=C(CCC2=CC=CC(=O)COC2)C2(C)CCCC(C)(C)C2CC1. The van der Waals surface area contributed by atoms with E-state index in [1.54, 1.807) is 17.2 Å². The van der Waals surface area contributed by atoms with Crippen molar-refractivity contribution in [3.05, 3.63) is 34.9 Å². The van der Waals surface area contributed by atoms with Gasteiger partial charge in [0.1, 0.15) is 6.61 Å². The quantitative estimate of drug-likeness (QED) is 0.607. The minimum atomic E-state index is 0.0564. The van der Waals surface area contributed by atoms with Gasteiger partial charge in [-0.25, -0.2) is 0 Å². The van der Waals surface area contributed by atoms with E-state index in [1.807, 2.05) is 6.08 Å². The Labute approximate surface area is 153 Å². The van der Waals surface area contributed by atoms with E-state index in [1.165, 1.54) is 37.7 Å². The minimum absolute atomic E-state index is 0.0564. The van der Waals surface area contributed by atoms with Crippen LogP contribution in [0.5, 0.6) is 0 Å². The van der Waals surface area contributed by atoms with Crippen LogP contribution in [-0.4, -0.2) is 19.0 Å². The molecule has 2 heteroatoms. The Morgan fingerprint density at radius 2 is 1.96 bits per heavy atom. The predicted octanol–water partition coefficient (Wildman–Crippen LogP) is 5.79. The maximum absolute atomic E-state index is 11.4. The van der Waals surface area contributed by atoms with Crippen LogP contribution >= 0.6 is 0 Å². The third-order valence-electron chi connectivity index (χ3n) is 7.08. The standard InChI is InChI=1S/C23H34O2/c1-17-9-12-21-22(2,3)13-6-14-23(21,4)20(17)11-10-18-7-5-8-19(24)16-25-15-18/h5,7-8,21H,6,9-16H2,1-4H3. The number of rotatable bonds is 3. The van der Waals surface area contributed by atoms with Crippen molar-refractivity contribution < 1.29 is 9.53 Å². The van der Waals surface area contributed by atoms with Gasteiger partial charge < -0.3 is 4.74 Å². The number of carbonyl (C=O) groups excluding carboxylic acids is 1. The zero-order chi connectivity index (χ0) is 18.1. The lowest BCUT2D eigenvalue weighted by atomic mass is 9.50. The summed E-state index contributed by atoms with van der Waals surface area (Å²) in [7, 11) is 0. The molecule has 0 spiro atoms. The molecule has 1 aliphatic heterocycles. The van der Waals surface area contributed by atoms with Crippen LogP contribution in [0.2, 0.25) is 0 Å². The van der Waals surface area contributed by atoms with Crippen LogP contribution in [0, 0.1) is 16.7 Å². The second-order valence-corrected chi connectivity index (χ2v) is 9.25. The zero-order valence-electron chi connectivity index (χ0n) is 16.5. The van der Waals surface area contributed by atoms with Gasteiger partial charge in [0.2, 0.25) is 0 Å². The van der Waals surface area contributed by atoms with Crippen molar-refractivity contribution in [3.8, 4) is 0 Å². The molecule has 1 heterocycles. The van der Waals surface area contributed by atoms with Crippen molar-refractivity contribution in [3.63, 3.8) is 0 Å². The van der Waals surface area contributed by atoms with E-state index in [9.17, 15) is 4.79 Å². The summed E-state index contributed by atoms with van der Waals surface area (Å²) in [4.78, 5) is 11.4. The average Bonchev–Trinajstić information content (AvgIpc) is 2.50. The van der Waals surface area contributed by atoms with Crippen LogP contribution in [0.15, 0.2) is 34.9 Å². The number of hydrogen-bond donors (Lipinski definition) is 0. The molecule has 0 aromatic heterocycles. The molecular formula is C23H34O2. The minimum Gasteiger partial charge on any atom is -0.369 e. The van der Waals surface area contributed by atoms with Gasteiger partial charge in [0, 0.05) is 0 Å². The maximum Gasteiger partial charge on any atom is 0.181 e. The lowest BCUT2D eigenvalue weighted by Crippen LogP contribution is -2.45. The Bertz CT molecular complexity index is 620. The summed E-state index contributed by atoms with van der Waals surface area (Å²) in [6.07, 6.45) is 14.5. The van der Waals surface area contributed by atoms with E-state index in [2.05, 4.69) is 33.8 Å². The molecule has 2 unspecified atom stereocenters. The molecular weight excluding hydrogens is 308 g/mol. The Hall–Kier alpha value is -1.15. The topological polar surface area (TPSA) is 26.3 Å². The number of hydrogen-bond acceptors (Lipinski definition) is 2. The van der Waals surface area contributed by atoms with Gasteiger partial charge in [0.25, 0.3) is 0 Å². The molecule has 0 radical (unpaired) electrons. The largest absolute Gasteiger partial charge is 0.369 e. The van der Waals surface area contributed by atoms with Crippen LogP contribution < -0.4 is 0 Å². The van der Waals surface area contributed by atoms with Gasteiger partial charge in [-0.05, 0) is 73.8 Å². The third kappa shape index (κ3) is 3.84. The third-order valence-corrected chi connectivity index (χ3v) is 7.08. The van der Waals surface area contributed by atoms with E-state index in [0.29, 0.717) is 17.4 Å². The molecule has 1 saturated carbocycles. The summed E-state index contributed by atoms with van der Waals surface area (Å²) in [6.45, 7) is 10.7. The monoisotopic (exact) mass is 342 g/mol. The summed E-state index contributed by atoms with van der Waals surface area (Å²) in [6, 6.07) is 0. The molecule has 2 aliphatic carbocycles. The van der Waals surface area contributed by atoms with Crippen LogP contribution in [-0.2, 0) is 9.53 Å². The number of ether oxygens (including phenoxy) is 1. The molecule has 3 rings (SSSR count). The second-order valence-electron chi connectivity index (χ2n) is 9.25. The summed E-state index contributed by atoms with van der Waals surface area (Å²) < 4.78 is 5.55. The number of carbonyl (C=O) groups is 1. The van der Waals surface area contributed by atoms with E-state index in [0.717, 1.165) is 18.8 Å². The number of ketones is 1. The van der Waals surface area contributed by atoms with Crippen molar-refractivity contribution >= 4 is 5.78 Å². The highest BCUT2D eigenvalue weighted by molar-refractivity contribution is 5.91. The molecule has 0 amide bonds. The van der Waals surface area contributed by atoms with Crippen molar-refractivity contribution in [1.29, 1.82) is 0 Å². The first-order chi connectivity index (χ1) is 11.8. The van der Waals surface area contributed by atoms with E-state index in [-0.39, 0.29) is 12.4 Å². The summed E-state index contributed by atoms with van der Waals surface area (Å²) in [5, 5.41) is 0. The second kappa shape index (κ2) is 7.23. The number of fused-ring (bicyclic) bond motifs is 1. The van der Waals surface area contributed by atoms with Crippen LogP contribution in [0.4, 0.5) is 0 Å². The fourth-order valence-electron chi connectivity index (χ4n) is 5.80. The fraction of sp³-hybridized carbons (Fsp3) is 0.696. The van der Waals surface area contributed by atoms with Gasteiger partial charge in [-0.2, -0.15) is 0 Å². The summed E-state index contributed by atoms with van der Waals surface area (Å²) >= 11 is 0. The average molecular weight is 343 g/mol. The van der Waals surface area contributed by atoms with Crippen molar-refractivity contribution in [2.24, 2.45) is 16.7 Å². The summed E-state index contributed by atoms with van der Waals surface area (Å²) in [5.41, 5.74) is 5.50. The molecule has 0 bridgehead atoms. The fourth-order valence-corrected chi connectivity index (χ4v) is 5.80. The van der Waals surface area contributed by atoms with Gasteiger partial charge >= 0.3 is 0 Å².